The lowest BCUT2D eigenvalue weighted by Gasteiger charge is -2.30. The fraction of sp³-hybridized carbons (Fsp3) is 0.464. The number of benzene rings is 2. The van der Waals surface area contributed by atoms with Gasteiger partial charge in [-0.05, 0) is 75.4 Å². The minimum Gasteiger partial charge on any atom is -0.372 e. The molecule has 0 bridgehead atoms. The van der Waals surface area contributed by atoms with E-state index in [0.717, 1.165) is 55.7 Å². The second kappa shape index (κ2) is 11.0. The molecule has 0 atom stereocenters. The number of piperidine rings is 2. The van der Waals surface area contributed by atoms with E-state index in [0.29, 0.717) is 24.8 Å². The third-order valence-electron chi connectivity index (χ3n) is 7.30. The number of anilines is 1. The van der Waals surface area contributed by atoms with Gasteiger partial charge in [0.15, 0.2) is 0 Å². The minimum atomic E-state index is 0.0593. The number of amides is 1. The molecular weight excluding hydrogens is 438 g/mol. The summed E-state index contributed by atoms with van der Waals surface area (Å²) in [4.78, 5) is 22.1. The first kappa shape index (κ1) is 23.5. The van der Waals surface area contributed by atoms with Crippen LogP contribution in [0, 0.1) is 12.8 Å². The van der Waals surface area contributed by atoms with Crippen molar-refractivity contribution in [2.45, 2.75) is 52.1 Å². The number of hydrogen-bond acceptors (Lipinski definition) is 6. The van der Waals surface area contributed by atoms with Crippen molar-refractivity contribution in [3.63, 3.8) is 0 Å². The first-order valence-corrected chi connectivity index (χ1v) is 12.9. The molecule has 2 aliphatic heterocycles. The molecule has 35 heavy (non-hydrogen) atoms. The second-order valence-electron chi connectivity index (χ2n) is 9.81. The van der Waals surface area contributed by atoms with Gasteiger partial charge in [0, 0.05) is 36.8 Å². The Morgan fingerprint density at radius 3 is 2.49 bits per heavy atom. The van der Waals surface area contributed by atoms with Gasteiger partial charge in [-0.2, -0.15) is 4.98 Å². The van der Waals surface area contributed by atoms with Crippen molar-refractivity contribution >= 4 is 11.6 Å². The topological polar surface area (TPSA) is 74.5 Å². The van der Waals surface area contributed by atoms with Gasteiger partial charge in [-0.1, -0.05) is 41.6 Å². The third kappa shape index (κ3) is 5.90. The number of rotatable bonds is 7. The lowest BCUT2D eigenvalue weighted by atomic mass is 9.96. The van der Waals surface area contributed by atoms with Crippen LogP contribution in [0.25, 0.3) is 11.4 Å². The summed E-state index contributed by atoms with van der Waals surface area (Å²) < 4.78 is 5.50. The highest BCUT2D eigenvalue weighted by Gasteiger charge is 2.26. The Hall–Kier alpha value is -3.19. The van der Waals surface area contributed by atoms with E-state index in [1.807, 2.05) is 31.2 Å². The zero-order valence-corrected chi connectivity index (χ0v) is 20.6. The number of hydrogen-bond donors (Lipinski definition) is 1. The number of carbonyl (C=O) groups excluding carboxylic acids is 1. The van der Waals surface area contributed by atoms with Crippen LogP contribution in [0.4, 0.5) is 5.69 Å². The van der Waals surface area contributed by atoms with E-state index in [1.165, 1.54) is 24.9 Å². The zero-order valence-electron chi connectivity index (χ0n) is 20.6. The maximum Gasteiger partial charge on any atom is 0.241 e. The highest BCUT2D eigenvalue weighted by molar-refractivity contribution is 5.78. The first-order chi connectivity index (χ1) is 17.2. The molecule has 2 aromatic carbocycles. The highest BCUT2D eigenvalue weighted by atomic mass is 16.5. The maximum absolute atomic E-state index is 12.8. The lowest BCUT2D eigenvalue weighted by molar-refractivity contribution is -0.126. The quantitative estimate of drug-likeness (QED) is 0.542. The van der Waals surface area contributed by atoms with Crippen molar-refractivity contribution in [3.8, 4) is 11.4 Å². The Kier molecular flexibility index (Phi) is 7.42. The summed E-state index contributed by atoms with van der Waals surface area (Å²) in [6.07, 6.45) is 5.59. The largest absolute Gasteiger partial charge is 0.372 e. The van der Waals surface area contributed by atoms with E-state index < -0.39 is 0 Å². The molecule has 3 aromatic rings. The Bertz CT molecular complexity index is 1110. The first-order valence-electron chi connectivity index (χ1n) is 12.9. The van der Waals surface area contributed by atoms with Crippen LogP contribution in [0.5, 0.6) is 0 Å². The molecular formula is C28H35N5O2. The Morgan fingerprint density at radius 1 is 1.00 bits per heavy atom. The van der Waals surface area contributed by atoms with Crippen LogP contribution in [-0.2, 0) is 17.9 Å². The van der Waals surface area contributed by atoms with E-state index in [-0.39, 0.29) is 11.8 Å². The summed E-state index contributed by atoms with van der Waals surface area (Å²) in [5.74, 6) is 1.48. The van der Waals surface area contributed by atoms with Crippen LogP contribution >= 0.6 is 0 Å². The number of nitrogens with one attached hydrogen (secondary N) is 1. The molecule has 1 N–H and O–H groups in total. The van der Waals surface area contributed by atoms with Gasteiger partial charge < -0.3 is 14.7 Å². The molecule has 5 rings (SSSR count). The fourth-order valence-electron chi connectivity index (χ4n) is 5.11. The summed E-state index contributed by atoms with van der Waals surface area (Å²) in [6, 6.07) is 16.7. The number of carbonyl (C=O) groups is 1. The smallest absolute Gasteiger partial charge is 0.241 e. The Labute approximate surface area is 207 Å². The molecule has 3 heterocycles. The van der Waals surface area contributed by atoms with Gasteiger partial charge in [-0.3, -0.25) is 9.69 Å². The van der Waals surface area contributed by atoms with E-state index in [1.54, 1.807) is 0 Å². The molecule has 0 spiro atoms. The normalized spacial score (nSPS) is 17.5. The molecule has 0 unspecified atom stereocenters. The third-order valence-corrected chi connectivity index (χ3v) is 7.30. The van der Waals surface area contributed by atoms with Crippen molar-refractivity contribution in [2.75, 3.05) is 31.1 Å². The van der Waals surface area contributed by atoms with Gasteiger partial charge in [0.1, 0.15) is 0 Å². The zero-order chi connectivity index (χ0) is 24.0. The molecule has 0 radical (unpaired) electrons. The second-order valence-corrected chi connectivity index (χ2v) is 9.81. The molecule has 2 aliphatic rings. The van der Waals surface area contributed by atoms with Crippen LogP contribution in [0.1, 0.15) is 49.1 Å². The average molecular weight is 474 g/mol. The summed E-state index contributed by atoms with van der Waals surface area (Å²) >= 11 is 0. The molecule has 7 heteroatoms. The SMILES string of the molecule is Cc1ccccc1-c1noc(CN2CCC(C(=O)NCc3ccc(N4CCCCC4)cc3)CC2)n1. The van der Waals surface area contributed by atoms with Gasteiger partial charge in [0.2, 0.25) is 17.6 Å². The standard InChI is InChI=1S/C28H35N5O2/c1-21-7-3-4-8-25(21)27-30-26(35-31-27)20-32-17-13-23(14-18-32)28(34)29-19-22-9-11-24(12-10-22)33-15-5-2-6-16-33/h3-4,7-12,23H,2,5-6,13-20H2,1H3,(H,29,34). The van der Waals surface area contributed by atoms with E-state index in [9.17, 15) is 4.79 Å². The van der Waals surface area contributed by atoms with Crippen molar-refractivity contribution in [1.82, 2.24) is 20.4 Å². The van der Waals surface area contributed by atoms with E-state index in [2.05, 4.69) is 49.5 Å². The molecule has 0 saturated carbocycles. The number of nitrogens with zero attached hydrogens (tertiary/aromatic N) is 4. The highest BCUT2D eigenvalue weighted by Crippen LogP contribution is 2.23. The van der Waals surface area contributed by atoms with Crippen LogP contribution in [0.15, 0.2) is 53.1 Å². The van der Waals surface area contributed by atoms with Crippen molar-refractivity contribution in [1.29, 1.82) is 0 Å². The maximum atomic E-state index is 12.8. The number of aryl methyl sites for hydroxylation is 1. The molecule has 2 saturated heterocycles. The summed E-state index contributed by atoms with van der Waals surface area (Å²) in [5.41, 5.74) is 4.57. The van der Waals surface area contributed by atoms with Crippen molar-refractivity contribution < 1.29 is 9.32 Å². The van der Waals surface area contributed by atoms with Gasteiger partial charge in [0.05, 0.1) is 6.54 Å². The van der Waals surface area contributed by atoms with E-state index in [4.69, 9.17) is 4.52 Å². The average Bonchev–Trinajstić information content (AvgIpc) is 3.37. The molecule has 0 aliphatic carbocycles. The number of aromatic nitrogens is 2. The lowest BCUT2D eigenvalue weighted by Crippen LogP contribution is -2.40. The molecule has 1 amide bonds. The van der Waals surface area contributed by atoms with Crippen molar-refractivity contribution in [2.24, 2.45) is 5.92 Å². The monoisotopic (exact) mass is 473 g/mol. The molecule has 184 valence electrons. The van der Waals surface area contributed by atoms with Gasteiger partial charge >= 0.3 is 0 Å². The Morgan fingerprint density at radius 2 is 1.74 bits per heavy atom. The number of likely N-dealkylation sites (tertiary alicyclic amines) is 1. The summed E-state index contributed by atoms with van der Waals surface area (Å²) in [6.45, 7) is 7.26. The molecule has 1 aromatic heterocycles. The molecule has 7 nitrogen and oxygen atoms in total. The van der Waals surface area contributed by atoms with Gasteiger partial charge in [0.25, 0.3) is 0 Å². The van der Waals surface area contributed by atoms with Crippen LogP contribution < -0.4 is 10.2 Å². The predicted molar refractivity (Wildman–Crippen MR) is 137 cm³/mol. The van der Waals surface area contributed by atoms with Crippen LogP contribution in [0.3, 0.4) is 0 Å². The van der Waals surface area contributed by atoms with Crippen LogP contribution in [-0.4, -0.2) is 47.1 Å². The molecule has 2 fully saturated rings. The Balaban J connectivity index is 1.06. The fourth-order valence-corrected chi connectivity index (χ4v) is 5.11. The minimum absolute atomic E-state index is 0.0593. The van der Waals surface area contributed by atoms with Crippen molar-refractivity contribution in [3.05, 3.63) is 65.5 Å². The van der Waals surface area contributed by atoms with Gasteiger partial charge in [-0.15, -0.1) is 0 Å². The summed E-state index contributed by atoms with van der Waals surface area (Å²) in [7, 11) is 0. The predicted octanol–water partition coefficient (Wildman–Crippen LogP) is 4.56. The summed E-state index contributed by atoms with van der Waals surface area (Å²) in [5, 5.41) is 7.31. The van der Waals surface area contributed by atoms with Crippen LogP contribution in [0.2, 0.25) is 0 Å². The van der Waals surface area contributed by atoms with Gasteiger partial charge in [-0.25, -0.2) is 0 Å². The van der Waals surface area contributed by atoms with E-state index >= 15 is 0 Å².